The zero-order valence-corrected chi connectivity index (χ0v) is 31.4. The first-order chi connectivity index (χ1) is 26.6. The third kappa shape index (κ3) is 26.6. The Labute approximate surface area is 327 Å². The van der Waals surface area contributed by atoms with E-state index in [2.05, 4.69) is 10.6 Å². The maximum absolute atomic E-state index is 11.7. The van der Waals surface area contributed by atoms with Gasteiger partial charge in [0.05, 0.1) is 11.5 Å². The number of nitrogens with zero attached hydrogens (tertiary/aromatic N) is 2. The van der Waals surface area contributed by atoms with Gasteiger partial charge >= 0.3 is 29.8 Å². The number of nitrogen functional groups attached to an aromatic ring is 1. The fourth-order valence-corrected chi connectivity index (χ4v) is 4.04. The molecule has 0 aromatic heterocycles. The number of nitro benzene ring substituents is 1. The van der Waals surface area contributed by atoms with E-state index in [0.717, 1.165) is 11.3 Å². The summed E-state index contributed by atoms with van der Waals surface area (Å²) < 4.78 is 0. The number of amides is 5. The summed E-state index contributed by atoms with van der Waals surface area (Å²) in [6.07, 6.45) is 3.62. The number of aliphatic carboxylic acids is 2. The first-order valence-corrected chi connectivity index (χ1v) is 17.0. The molecule has 316 valence electrons. The standard InChI is InChI=1S/C15H22N2O5.C7H9NO.C6H13N3O3.C6H5NO3.CH2O3/c1-10(2)14(15(21)22)16-11(18)6-4-3-5-9-17-12(19)7-8-13(17)20;8-7-3-1-6(5-9)2-4-7;7-4(5(10)11)2-1-3-9-6(8)12;8-6-4-2-1-3-5(6)7(9)10;2-1(3)4/h7-8,10,14H,3-6,9H2,1-2H3,(H,16,18)(H,21,22);1-4,9H,5,8H2;4H,1-3,7H2,(H,10,11)(H3,8,9,12);1-4,8H;(H2,2,3,4). The fourth-order valence-electron chi connectivity index (χ4n) is 4.04. The van der Waals surface area contributed by atoms with Crippen molar-refractivity contribution in [2.45, 2.75) is 71.1 Å². The number of urea groups is 1. The lowest BCUT2D eigenvalue weighted by Gasteiger charge is -2.18. The minimum atomic E-state index is -1.83. The van der Waals surface area contributed by atoms with E-state index >= 15 is 0 Å². The summed E-state index contributed by atoms with van der Waals surface area (Å²) in [4.78, 5) is 84.8. The van der Waals surface area contributed by atoms with Gasteiger partial charge in [0.15, 0.2) is 5.75 Å². The highest BCUT2D eigenvalue weighted by Crippen LogP contribution is 2.23. The van der Waals surface area contributed by atoms with Crippen molar-refractivity contribution in [3.05, 3.63) is 76.4 Å². The number of unbranched alkanes of at least 4 members (excludes halogenated alkanes) is 2. The number of carbonyl (C=O) groups is 7. The SMILES string of the molecule is CC(C)C(NC(=O)CCCCCN1C(=O)C=CC1=O)C(=O)O.NC(=O)NCCCC(N)C(=O)O.Nc1ccc(CO)cc1.O=C(O)O.O=[N+]([O-])c1ccccc1O. The van der Waals surface area contributed by atoms with Crippen LogP contribution < -0.4 is 27.8 Å². The molecule has 22 heteroatoms. The van der Waals surface area contributed by atoms with E-state index in [1.807, 2.05) is 0 Å². The number of anilines is 1. The third-order valence-electron chi connectivity index (χ3n) is 6.98. The molecule has 0 spiro atoms. The molecule has 22 nitrogen and oxygen atoms in total. The predicted octanol–water partition coefficient (Wildman–Crippen LogP) is 1.83. The molecule has 0 fully saturated rings. The van der Waals surface area contributed by atoms with Crippen LogP contribution >= 0.6 is 0 Å². The lowest BCUT2D eigenvalue weighted by molar-refractivity contribution is -0.385. The van der Waals surface area contributed by atoms with E-state index in [1.54, 1.807) is 38.1 Å². The number of aliphatic hydroxyl groups excluding tert-OH is 1. The number of carboxylic acid groups (broad SMARTS) is 4. The lowest BCUT2D eigenvalue weighted by Crippen LogP contribution is -2.44. The van der Waals surface area contributed by atoms with Gasteiger partial charge in [0.1, 0.15) is 12.1 Å². The number of carbonyl (C=O) groups excluding carboxylic acids is 4. The third-order valence-corrected chi connectivity index (χ3v) is 6.98. The number of nitrogens with two attached hydrogens (primary N) is 3. The van der Waals surface area contributed by atoms with Crippen LogP contribution in [0.4, 0.5) is 21.0 Å². The number of hydrogen-bond donors (Lipinski definition) is 11. The average molecular weight is 810 g/mol. The van der Waals surface area contributed by atoms with Crippen LogP contribution in [0.1, 0.15) is 57.9 Å². The number of phenols is 1. The molecule has 1 heterocycles. The molecule has 0 saturated carbocycles. The van der Waals surface area contributed by atoms with Gasteiger partial charge in [0.2, 0.25) is 5.91 Å². The smallest absolute Gasteiger partial charge is 0.502 e. The molecule has 0 aliphatic carbocycles. The summed E-state index contributed by atoms with van der Waals surface area (Å²) >= 11 is 0. The number of phenolic OH excluding ortho intramolecular Hbond substituents is 1. The van der Waals surface area contributed by atoms with Gasteiger partial charge < -0.3 is 58.5 Å². The number of nitro groups is 1. The predicted molar refractivity (Wildman–Crippen MR) is 203 cm³/mol. The van der Waals surface area contributed by atoms with Crippen LogP contribution in [-0.2, 0) is 30.6 Å². The maximum Gasteiger partial charge on any atom is 0.503 e. The molecule has 14 N–H and O–H groups in total. The molecule has 0 bridgehead atoms. The van der Waals surface area contributed by atoms with Crippen molar-refractivity contribution < 1.29 is 69.1 Å². The van der Waals surface area contributed by atoms with Gasteiger partial charge in [0, 0.05) is 43.4 Å². The van der Waals surface area contributed by atoms with Gasteiger partial charge in [-0.05, 0) is 55.4 Å². The molecule has 57 heavy (non-hydrogen) atoms. The lowest BCUT2D eigenvalue weighted by atomic mass is 10.0. The second-order valence-electron chi connectivity index (χ2n) is 11.9. The van der Waals surface area contributed by atoms with Gasteiger partial charge in [-0.25, -0.2) is 14.4 Å². The normalized spacial score (nSPS) is 12.1. The molecule has 5 amide bonds. The van der Waals surface area contributed by atoms with Crippen molar-refractivity contribution in [1.82, 2.24) is 15.5 Å². The zero-order chi connectivity index (χ0) is 44.1. The number of nitrogens with one attached hydrogen (secondary N) is 2. The molecule has 2 aromatic carbocycles. The summed E-state index contributed by atoms with van der Waals surface area (Å²) in [5.74, 6) is -3.45. The Balaban J connectivity index is 0. The van der Waals surface area contributed by atoms with Crippen molar-refractivity contribution in [1.29, 1.82) is 0 Å². The Kier molecular flexibility index (Phi) is 27.1. The second kappa shape index (κ2) is 29.5. The highest BCUT2D eigenvalue weighted by Gasteiger charge is 2.24. The largest absolute Gasteiger partial charge is 0.503 e. The van der Waals surface area contributed by atoms with Gasteiger partial charge in [-0.2, -0.15) is 0 Å². The van der Waals surface area contributed by atoms with E-state index in [1.165, 1.54) is 41.3 Å². The van der Waals surface area contributed by atoms with Crippen molar-refractivity contribution in [2.75, 3.05) is 18.8 Å². The Bertz CT molecular complexity index is 1610. The number of aliphatic hydroxyl groups is 1. The van der Waals surface area contributed by atoms with Gasteiger partial charge in [-0.3, -0.25) is 34.2 Å². The van der Waals surface area contributed by atoms with Crippen LogP contribution in [0.2, 0.25) is 0 Å². The summed E-state index contributed by atoms with van der Waals surface area (Å²) in [5, 5.41) is 63.6. The Morgan fingerprint density at radius 1 is 0.860 bits per heavy atom. The number of primary amides is 1. The summed E-state index contributed by atoms with van der Waals surface area (Å²) in [6, 6.07) is 10.3. The highest BCUT2D eigenvalue weighted by molar-refractivity contribution is 6.12. The number of hydrogen-bond acceptors (Lipinski definition) is 13. The molecular formula is C35H51N7O15. The molecular weight excluding hydrogens is 758 g/mol. The minimum Gasteiger partial charge on any atom is -0.502 e. The second-order valence-corrected chi connectivity index (χ2v) is 11.9. The quantitative estimate of drug-likeness (QED) is 0.0379. The molecule has 0 radical (unpaired) electrons. The van der Waals surface area contributed by atoms with Crippen LogP contribution in [0.25, 0.3) is 0 Å². The number of benzene rings is 2. The maximum atomic E-state index is 11.7. The summed E-state index contributed by atoms with van der Waals surface area (Å²) in [7, 11) is 0. The first kappa shape index (κ1) is 52.3. The van der Waals surface area contributed by atoms with E-state index < -0.39 is 41.1 Å². The number of para-hydroxylation sites is 2. The fraction of sp³-hybridized carbons (Fsp3) is 0.400. The molecule has 1 aliphatic heterocycles. The first-order valence-electron chi connectivity index (χ1n) is 17.0. The Morgan fingerprint density at radius 2 is 1.40 bits per heavy atom. The Hall–Kier alpha value is -6.81. The molecule has 2 aromatic rings. The number of rotatable bonds is 16. The van der Waals surface area contributed by atoms with Crippen molar-refractivity contribution in [3.63, 3.8) is 0 Å². The summed E-state index contributed by atoms with van der Waals surface area (Å²) in [6.45, 7) is 4.25. The van der Waals surface area contributed by atoms with Gasteiger partial charge in [-0.1, -0.05) is 44.5 Å². The van der Waals surface area contributed by atoms with Gasteiger partial charge in [-0.15, -0.1) is 0 Å². The van der Waals surface area contributed by atoms with Crippen LogP contribution in [0.15, 0.2) is 60.7 Å². The highest BCUT2D eigenvalue weighted by atomic mass is 16.6. The summed E-state index contributed by atoms with van der Waals surface area (Å²) in [5.41, 5.74) is 16.7. The molecule has 1 aliphatic rings. The minimum absolute atomic E-state index is 0.0836. The van der Waals surface area contributed by atoms with Crippen LogP contribution in [0.3, 0.4) is 0 Å². The van der Waals surface area contributed by atoms with Crippen LogP contribution in [0, 0.1) is 16.0 Å². The Morgan fingerprint density at radius 3 is 1.82 bits per heavy atom. The van der Waals surface area contributed by atoms with Crippen molar-refractivity contribution >= 4 is 53.2 Å². The average Bonchev–Trinajstić information content (AvgIpc) is 3.45. The molecule has 0 saturated heterocycles. The number of carboxylic acids is 2. The van der Waals surface area contributed by atoms with E-state index in [-0.39, 0.29) is 48.1 Å². The number of imide groups is 1. The molecule has 2 unspecified atom stereocenters. The zero-order valence-electron chi connectivity index (χ0n) is 31.4. The van der Waals surface area contributed by atoms with Crippen LogP contribution in [-0.4, -0.2) is 107 Å². The monoisotopic (exact) mass is 809 g/mol. The number of aromatic hydroxyl groups is 1. The topological polar surface area (TPSA) is 389 Å². The van der Waals surface area contributed by atoms with E-state index in [4.69, 9.17) is 52.6 Å². The molecule has 2 atom stereocenters. The van der Waals surface area contributed by atoms with Crippen molar-refractivity contribution in [2.24, 2.45) is 17.4 Å². The van der Waals surface area contributed by atoms with Crippen molar-refractivity contribution in [3.8, 4) is 5.75 Å². The van der Waals surface area contributed by atoms with E-state index in [0.29, 0.717) is 45.2 Å². The van der Waals surface area contributed by atoms with Crippen LogP contribution in [0.5, 0.6) is 5.75 Å². The molecule has 3 rings (SSSR count). The van der Waals surface area contributed by atoms with Gasteiger partial charge in [0.25, 0.3) is 11.8 Å². The van der Waals surface area contributed by atoms with E-state index in [9.17, 15) is 38.9 Å².